The Kier molecular flexibility index (Phi) is 7.05. The minimum atomic E-state index is -0.345. The van der Waals surface area contributed by atoms with Gasteiger partial charge in [0.05, 0.1) is 24.3 Å². The number of rotatable bonds is 6. The number of hydrogen-bond donors (Lipinski definition) is 1. The van der Waals surface area contributed by atoms with Crippen molar-refractivity contribution in [3.63, 3.8) is 0 Å². The summed E-state index contributed by atoms with van der Waals surface area (Å²) in [4.78, 5) is 14.3. The average Bonchev–Trinajstić information content (AvgIpc) is 2.39. The molecule has 1 rings (SSSR count). The van der Waals surface area contributed by atoms with E-state index in [4.69, 9.17) is 10.3 Å². The maximum atomic E-state index is 11.4. The Hall–Kier alpha value is -1.04. The fourth-order valence-corrected chi connectivity index (χ4v) is 2.91. The van der Waals surface area contributed by atoms with Crippen molar-refractivity contribution >= 4 is 21.8 Å². The van der Waals surface area contributed by atoms with Gasteiger partial charge >= 0.3 is 0 Å². The molecule has 1 amide bonds. The van der Waals surface area contributed by atoms with Crippen LogP contribution in [0.1, 0.15) is 40.0 Å². The third kappa shape index (κ3) is 4.81. The Labute approximate surface area is 127 Å². The number of amides is 1. The van der Waals surface area contributed by atoms with E-state index in [1.54, 1.807) is 0 Å². The second-order valence-electron chi connectivity index (χ2n) is 4.86. The summed E-state index contributed by atoms with van der Waals surface area (Å²) in [7, 11) is 0. The summed E-state index contributed by atoms with van der Waals surface area (Å²) < 4.78 is 6.98. The van der Waals surface area contributed by atoms with Crippen LogP contribution in [0.4, 0.5) is 0 Å². The van der Waals surface area contributed by atoms with E-state index in [0.29, 0.717) is 6.42 Å². The van der Waals surface area contributed by atoms with Crippen molar-refractivity contribution in [3.05, 3.63) is 21.0 Å². The van der Waals surface area contributed by atoms with Crippen LogP contribution in [0, 0.1) is 0 Å². The molecule has 0 radical (unpaired) electrons. The lowest BCUT2D eigenvalue weighted by Gasteiger charge is -2.35. The second-order valence-corrected chi connectivity index (χ2v) is 5.87. The van der Waals surface area contributed by atoms with Crippen LogP contribution >= 0.6 is 15.9 Å². The highest BCUT2D eigenvalue weighted by molar-refractivity contribution is 9.11. The third-order valence-corrected chi connectivity index (χ3v) is 3.94. The zero-order valence-corrected chi connectivity index (χ0v) is 13.6. The molecule has 3 atom stereocenters. The van der Waals surface area contributed by atoms with Gasteiger partial charge in [-0.1, -0.05) is 34.9 Å². The molecule has 0 aromatic rings. The summed E-state index contributed by atoms with van der Waals surface area (Å²) >= 11 is 3.45. The van der Waals surface area contributed by atoms with Gasteiger partial charge in [-0.2, -0.15) is 0 Å². The molecule has 0 aromatic heterocycles. The second kappa shape index (κ2) is 8.29. The van der Waals surface area contributed by atoms with Crippen LogP contribution in [0.2, 0.25) is 0 Å². The van der Waals surface area contributed by atoms with Crippen molar-refractivity contribution in [1.29, 1.82) is 0 Å². The molecular formula is C13H21BrN4O2. The lowest BCUT2D eigenvalue weighted by atomic mass is 9.93. The standard InChI is InChI=1S/C13H21BrN4O2/c1-4-10(5-2)20-12-7-9(14)6-11(17-18-15)13(12)16-8(3)19/h7,10-13H,4-6H2,1-3H3,(H,16,19)/t11-,12+,13-/m1/s1. The molecule has 0 unspecified atom stereocenters. The van der Waals surface area contributed by atoms with Gasteiger partial charge in [-0.25, -0.2) is 0 Å². The van der Waals surface area contributed by atoms with Gasteiger partial charge in [0, 0.05) is 11.8 Å². The fourth-order valence-electron chi connectivity index (χ4n) is 2.31. The first-order valence-corrected chi connectivity index (χ1v) is 7.64. The first kappa shape index (κ1) is 17.0. The molecule has 0 saturated heterocycles. The predicted molar refractivity (Wildman–Crippen MR) is 81.4 cm³/mol. The lowest BCUT2D eigenvalue weighted by Crippen LogP contribution is -2.52. The minimum absolute atomic E-state index is 0.123. The molecule has 0 aliphatic heterocycles. The molecule has 0 spiro atoms. The van der Waals surface area contributed by atoms with E-state index in [9.17, 15) is 4.79 Å². The molecular weight excluding hydrogens is 324 g/mol. The third-order valence-electron chi connectivity index (χ3n) is 3.35. The molecule has 0 bridgehead atoms. The average molecular weight is 345 g/mol. The number of halogens is 1. The van der Waals surface area contributed by atoms with Gasteiger partial charge in [-0.05, 0) is 35.4 Å². The molecule has 1 aliphatic carbocycles. The van der Waals surface area contributed by atoms with E-state index in [2.05, 4.69) is 45.1 Å². The molecule has 0 saturated carbocycles. The highest BCUT2D eigenvalue weighted by Gasteiger charge is 2.34. The highest BCUT2D eigenvalue weighted by Crippen LogP contribution is 2.29. The zero-order valence-electron chi connectivity index (χ0n) is 12.0. The van der Waals surface area contributed by atoms with Crippen LogP contribution < -0.4 is 5.32 Å². The number of hydrogen-bond acceptors (Lipinski definition) is 3. The van der Waals surface area contributed by atoms with Gasteiger partial charge in [0.2, 0.25) is 5.91 Å². The summed E-state index contributed by atoms with van der Waals surface area (Å²) in [5, 5.41) is 6.64. The Morgan fingerprint density at radius 3 is 2.80 bits per heavy atom. The Balaban J connectivity index is 2.97. The van der Waals surface area contributed by atoms with Gasteiger partial charge in [0.25, 0.3) is 0 Å². The highest BCUT2D eigenvalue weighted by atomic mass is 79.9. The summed E-state index contributed by atoms with van der Waals surface area (Å²) in [6, 6.07) is -0.673. The fraction of sp³-hybridized carbons (Fsp3) is 0.769. The molecule has 6 nitrogen and oxygen atoms in total. The first-order valence-electron chi connectivity index (χ1n) is 6.84. The normalized spacial score (nSPS) is 25.9. The van der Waals surface area contributed by atoms with Gasteiger partial charge < -0.3 is 10.1 Å². The van der Waals surface area contributed by atoms with Crippen LogP contribution in [0.25, 0.3) is 10.4 Å². The van der Waals surface area contributed by atoms with Crippen molar-refractivity contribution in [3.8, 4) is 0 Å². The van der Waals surface area contributed by atoms with Gasteiger partial charge in [0.15, 0.2) is 0 Å². The molecule has 7 heteroatoms. The van der Waals surface area contributed by atoms with Crippen LogP contribution in [0.15, 0.2) is 15.7 Å². The molecule has 0 heterocycles. The predicted octanol–water partition coefficient (Wildman–Crippen LogP) is 3.43. The Morgan fingerprint density at radius 2 is 2.30 bits per heavy atom. The van der Waals surface area contributed by atoms with E-state index < -0.39 is 0 Å². The van der Waals surface area contributed by atoms with Gasteiger partial charge in [0.1, 0.15) is 0 Å². The van der Waals surface area contributed by atoms with Crippen LogP contribution in [0.3, 0.4) is 0 Å². The Bertz CT molecular complexity index is 417. The van der Waals surface area contributed by atoms with Crippen molar-refractivity contribution in [2.24, 2.45) is 5.11 Å². The molecule has 1 aliphatic rings. The van der Waals surface area contributed by atoms with Crippen molar-refractivity contribution in [2.45, 2.75) is 64.3 Å². The SMILES string of the molecule is CCC(CC)O[C@H]1C=C(Br)C[C@@H](N=[N+]=[N-])[C@H]1NC(C)=O. The number of azide groups is 1. The quantitative estimate of drug-likeness (QED) is 0.454. The van der Waals surface area contributed by atoms with E-state index in [-0.39, 0.29) is 30.2 Å². The number of carbonyl (C=O) groups is 1. The smallest absolute Gasteiger partial charge is 0.217 e. The summed E-state index contributed by atoms with van der Waals surface area (Å²) in [5.41, 5.74) is 8.69. The van der Waals surface area contributed by atoms with E-state index in [1.165, 1.54) is 6.92 Å². The van der Waals surface area contributed by atoms with Crippen molar-refractivity contribution in [1.82, 2.24) is 5.32 Å². The maximum absolute atomic E-state index is 11.4. The largest absolute Gasteiger partial charge is 0.369 e. The van der Waals surface area contributed by atoms with E-state index in [1.807, 2.05) is 6.08 Å². The van der Waals surface area contributed by atoms with Crippen LogP contribution in [-0.4, -0.2) is 30.2 Å². The molecule has 112 valence electrons. The monoisotopic (exact) mass is 344 g/mol. The van der Waals surface area contributed by atoms with Crippen molar-refractivity contribution < 1.29 is 9.53 Å². The van der Waals surface area contributed by atoms with E-state index >= 15 is 0 Å². The number of nitrogens with one attached hydrogen (secondary N) is 1. The minimum Gasteiger partial charge on any atom is -0.369 e. The van der Waals surface area contributed by atoms with Gasteiger partial charge in [-0.3, -0.25) is 4.79 Å². The maximum Gasteiger partial charge on any atom is 0.217 e. The first-order chi connectivity index (χ1) is 9.51. The molecule has 1 N–H and O–H groups in total. The lowest BCUT2D eigenvalue weighted by molar-refractivity contribution is -0.121. The molecule has 0 aromatic carbocycles. The number of carbonyl (C=O) groups excluding carboxylic acids is 1. The summed E-state index contributed by atoms with van der Waals surface area (Å²) in [6.07, 6.45) is 4.15. The number of nitrogens with zero attached hydrogens (tertiary/aromatic N) is 3. The topological polar surface area (TPSA) is 87.1 Å². The summed E-state index contributed by atoms with van der Waals surface area (Å²) in [5.74, 6) is -0.155. The van der Waals surface area contributed by atoms with Crippen molar-refractivity contribution in [2.75, 3.05) is 0 Å². The number of ether oxygens (including phenoxy) is 1. The summed E-state index contributed by atoms with van der Waals surface area (Å²) in [6.45, 7) is 5.58. The van der Waals surface area contributed by atoms with Crippen LogP contribution in [-0.2, 0) is 9.53 Å². The van der Waals surface area contributed by atoms with Crippen LogP contribution in [0.5, 0.6) is 0 Å². The Morgan fingerprint density at radius 1 is 1.65 bits per heavy atom. The molecule has 0 fully saturated rings. The zero-order chi connectivity index (χ0) is 15.1. The van der Waals surface area contributed by atoms with E-state index in [0.717, 1.165) is 17.3 Å². The molecule has 20 heavy (non-hydrogen) atoms. The van der Waals surface area contributed by atoms with Gasteiger partial charge in [-0.15, -0.1) is 0 Å².